The van der Waals surface area contributed by atoms with E-state index in [9.17, 15) is 14.4 Å². The minimum absolute atomic E-state index is 0.00716. The summed E-state index contributed by atoms with van der Waals surface area (Å²) in [5.41, 5.74) is 1.39. The monoisotopic (exact) mass is 430 g/mol. The predicted molar refractivity (Wildman–Crippen MR) is 124 cm³/mol. The van der Waals surface area contributed by atoms with Crippen molar-refractivity contribution in [2.75, 3.05) is 20.1 Å². The fourth-order valence-electron chi connectivity index (χ4n) is 4.01. The van der Waals surface area contributed by atoms with Crippen LogP contribution in [0.5, 0.6) is 0 Å². The van der Waals surface area contributed by atoms with E-state index in [2.05, 4.69) is 9.97 Å². The van der Waals surface area contributed by atoms with Crippen LogP contribution in [0, 0.1) is 5.92 Å². The summed E-state index contributed by atoms with van der Waals surface area (Å²) in [5.74, 6) is 0.288. The van der Waals surface area contributed by atoms with E-state index in [1.54, 1.807) is 41.1 Å². The third kappa shape index (κ3) is 4.94. The number of para-hydroxylation sites is 1. The number of carbonyl (C=O) groups excluding carboxylic acids is 2. The molecule has 2 heterocycles. The number of H-pyrrole nitrogens is 1. The van der Waals surface area contributed by atoms with Crippen LogP contribution >= 0.6 is 0 Å². The molecule has 7 heteroatoms. The second-order valence-electron chi connectivity index (χ2n) is 8.07. The van der Waals surface area contributed by atoms with Crippen LogP contribution in [0.4, 0.5) is 0 Å². The molecule has 4 rings (SSSR count). The van der Waals surface area contributed by atoms with Gasteiger partial charge in [0.25, 0.3) is 5.56 Å². The molecule has 164 valence electrons. The Balaban J connectivity index is 1.32. The molecule has 1 aliphatic heterocycles. The lowest BCUT2D eigenvalue weighted by atomic mass is 9.95. The molecule has 1 fully saturated rings. The van der Waals surface area contributed by atoms with Crippen molar-refractivity contribution in [3.8, 4) is 0 Å². The molecule has 1 saturated heterocycles. The van der Waals surface area contributed by atoms with E-state index in [1.807, 2.05) is 42.5 Å². The second-order valence-corrected chi connectivity index (χ2v) is 8.07. The summed E-state index contributed by atoms with van der Waals surface area (Å²) in [6, 6.07) is 16.8. The van der Waals surface area contributed by atoms with Gasteiger partial charge in [-0.2, -0.15) is 0 Å². The number of fused-ring (bicyclic) bond motifs is 1. The molecule has 0 saturated carbocycles. The number of nitrogens with zero attached hydrogens (tertiary/aromatic N) is 3. The third-order valence-electron chi connectivity index (χ3n) is 5.80. The van der Waals surface area contributed by atoms with Crippen molar-refractivity contribution in [1.82, 2.24) is 19.8 Å². The Labute approximate surface area is 186 Å². The summed E-state index contributed by atoms with van der Waals surface area (Å²) in [6.07, 6.45) is 4.64. The first kappa shape index (κ1) is 21.5. The molecule has 1 aliphatic rings. The zero-order chi connectivity index (χ0) is 22.5. The topological polar surface area (TPSA) is 86.4 Å². The minimum Gasteiger partial charge on any atom is -0.339 e. The fraction of sp³-hybridized carbons (Fsp3) is 0.280. The van der Waals surface area contributed by atoms with Gasteiger partial charge in [-0.05, 0) is 36.6 Å². The van der Waals surface area contributed by atoms with Crippen molar-refractivity contribution in [2.45, 2.75) is 19.4 Å². The molecule has 2 aromatic carbocycles. The minimum atomic E-state index is -0.207. The van der Waals surface area contributed by atoms with Gasteiger partial charge in [-0.3, -0.25) is 14.4 Å². The molecule has 7 nitrogen and oxygen atoms in total. The first-order valence-electron chi connectivity index (χ1n) is 10.8. The van der Waals surface area contributed by atoms with Crippen molar-refractivity contribution >= 4 is 28.8 Å². The summed E-state index contributed by atoms with van der Waals surface area (Å²) in [5, 5.41) is 0.531. The predicted octanol–water partition coefficient (Wildman–Crippen LogP) is 2.83. The fourth-order valence-corrected chi connectivity index (χ4v) is 4.01. The zero-order valence-corrected chi connectivity index (χ0v) is 18.0. The molecular weight excluding hydrogens is 404 g/mol. The summed E-state index contributed by atoms with van der Waals surface area (Å²) >= 11 is 0. The van der Waals surface area contributed by atoms with Crippen LogP contribution < -0.4 is 5.56 Å². The quantitative estimate of drug-likeness (QED) is 0.631. The smallest absolute Gasteiger partial charge is 0.258 e. The Morgan fingerprint density at radius 1 is 1.09 bits per heavy atom. The molecule has 0 atom stereocenters. The molecule has 0 bridgehead atoms. The average Bonchev–Trinajstić information content (AvgIpc) is 2.83. The van der Waals surface area contributed by atoms with Crippen LogP contribution in [0.3, 0.4) is 0 Å². The van der Waals surface area contributed by atoms with Gasteiger partial charge in [0.2, 0.25) is 11.8 Å². The summed E-state index contributed by atoms with van der Waals surface area (Å²) < 4.78 is 0. The van der Waals surface area contributed by atoms with E-state index < -0.39 is 0 Å². The van der Waals surface area contributed by atoms with Crippen molar-refractivity contribution < 1.29 is 9.59 Å². The Kier molecular flexibility index (Phi) is 6.44. The van der Waals surface area contributed by atoms with Gasteiger partial charge in [-0.25, -0.2) is 4.98 Å². The largest absolute Gasteiger partial charge is 0.339 e. The number of likely N-dealkylation sites (tertiary alicyclic amines) is 1. The highest BCUT2D eigenvalue weighted by atomic mass is 16.2. The van der Waals surface area contributed by atoms with Crippen LogP contribution in [0.25, 0.3) is 17.0 Å². The number of aromatic nitrogens is 2. The number of nitrogens with one attached hydrogen (secondary N) is 1. The summed E-state index contributed by atoms with van der Waals surface area (Å²) in [4.78, 5) is 48.3. The van der Waals surface area contributed by atoms with Crippen molar-refractivity contribution in [3.63, 3.8) is 0 Å². The van der Waals surface area contributed by atoms with Gasteiger partial charge in [0.1, 0.15) is 5.82 Å². The standard InChI is InChI=1S/C25H26N4O3/c1-28(17-22-26-21-10-6-5-9-20(21)24(31)27-22)25(32)19-13-15-29(16-14-19)23(30)12-11-18-7-3-2-4-8-18/h2-12,19H,13-17H2,1H3,(H,26,27,31). The lowest BCUT2D eigenvalue weighted by Gasteiger charge is -2.32. The van der Waals surface area contributed by atoms with Gasteiger partial charge >= 0.3 is 0 Å². The number of hydrogen-bond acceptors (Lipinski definition) is 4. The molecule has 2 amide bonds. The Bertz CT molecular complexity index is 1190. The molecular formula is C25H26N4O3. The average molecular weight is 431 g/mol. The number of aromatic amines is 1. The van der Waals surface area contributed by atoms with E-state index in [0.717, 1.165) is 5.56 Å². The van der Waals surface area contributed by atoms with E-state index in [4.69, 9.17) is 0 Å². The van der Waals surface area contributed by atoms with Gasteiger partial charge in [-0.15, -0.1) is 0 Å². The number of benzene rings is 2. The van der Waals surface area contributed by atoms with Crippen LogP contribution in [-0.4, -0.2) is 51.7 Å². The van der Waals surface area contributed by atoms with Gasteiger partial charge in [0, 0.05) is 32.1 Å². The lowest BCUT2D eigenvalue weighted by molar-refractivity contribution is -0.138. The molecule has 0 spiro atoms. The first-order valence-corrected chi connectivity index (χ1v) is 10.8. The second kappa shape index (κ2) is 9.60. The molecule has 1 N–H and O–H groups in total. The number of piperidine rings is 1. The normalized spacial score (nSPS) is 14.7. The van der Waals surface area contributed by atoms with Gasteiger partial charge < -0.3 is 14.8 Å². The van der Waals surface area contributed by atoms with E-state index in [-0.39, 0.29) is 29.8 Å². The number of carbonyl (C=O) groups is 2. The van der Waals surface area contributed by atoms with E-state index in [1.165, 1.54) is 0 Å². The molecule has 32 heavy (non-hydrogen) atoms. The maximum Gasteiger partial charge on any atom is 0.258 e. The first-order chi connectivity index (χ1) is 15.5. The maximum absolute atomic E-state index is 12.9. The van der Waals surface area contributed by atoms with E-state index >= 15 is 0 Å². The molecule has 3 aromatic rings. The highest BCUT2D eigenvalue weighted by molar-refractivity contribution is 5.92. The molecule has 0 radical (unpaired) electrons. The third-order valence-corrected chi connectivity index (χ3v) is 5.80. The molecule has 1 aromatic heterocycles. The van der Waals surface area contributed by atoms with Gasteiger partial charge in [0.05, 0.1) is 17.4 Å². The molecule has 0 unspecified atom stereocenters. The Morgan fingerprint density at radius 3 is 2.53 bits per heavy atom. The van der Waals surface area contributed by atoms with Crippen molar-refractivity contribution in [1.29, 1.82) is 0 Å². The lowest BCUT2D eigenvalue weighted by Crippen LogP contribution is -2.43. The van der Waals surface area contributed by atoms with Gasteiger partial charge in [0.15, 0.2) is 0 Å². The van der Waals surface area contributed by atoms with Crippen LogP contribution in [0.15, 0.2) is 65.5 Å². The van der Waals surface area contributed by atoms with Gasteiger partial charge in [-0.1, -0.05) is 42.5 Å². The zero-order valence-electron chi connectivity index (χ0n) is 18.0. The van der Waals surface area contributed by atoms with E-state index in [0.29, 0.717) is 42.7 Å². The van der Waals surface area contributed by atoms with Crippen molar-refractivity contribution in [3.05, 3.63) is 82.4 Å². The van der Waals surface area contributed by atoms with Crippen molar-refractivity contribution in [2.24, 2.45) is 5.92 Å². The van der Waals surface area contributed by atoms with Crippen LogP contribution in [-0.2, 0) is 16.1 Å². The SMILES string of the molecule is CN(Cc1nc2ccccc2c(=O)[nH]1)C(=O)C1CCN(C(=O)C=Cc2ccccc2)CC1. The Hall–Kier alpha value is -3.74. The molecule has 0 aliphatic carbocycles. The number of amides is 2. The number of hydrogen-bond donors (Lipinski definition) is 1. The van der Waals surface area contributed by atoms with Crippen LogP contribution in [0.2, 0.25) is 0 Å². The summed E-state index contributed by atoms with van der Waals surface area (Å²) in [7, 11) is 1.72. The number of rotatable bonds is 5. The Morgan fingerprint density at radius 2 is 1.78 bits per heavy atom. The van der Waals surface area contributed by atoms with Crippen LogP contribution in [0.1, 0.15) is 24.2 Å². The highest BCUT2D eigenvalue weighted by Gasteiger charge is 2.28. The highest BCUT2D eigenvalue weighted by Crippen LogP contribution is 2.20. The summed E-state index contributed by atoms with van der Waals surface area (Å²) in [6.45, 7) is 1.33. The maximum atomic E-state index is 12.9.